The highest BCUT2D eigenvalue weighted by molar-refractivity contribution is 7.89. The molecule has 2 aliphatic rings. The van der Waals surface area contributed by atoms with Crippen LogP contribution in [0, 0.1) is 5.92 Å². The van der Waals surface area contributed by atoms with Gasteiger partial charge in [0, 0.05) is 45.2 Å². The molecular formula is C16H22Cl2N4O5S2. The molecule has 0 aromatic heterocycles. The summed E-state index contributed by atoms with van der Waals surface area (Å²) in [6.07, 6.45) is 0.800. The molecule has 2 saturated heterocycles. The first-order valence-corrected chi connectivity index (χ1v) is 12.7. The minimum absolute atomic E-state index is 0.0574. The molecule has 0 bridgehead atoms. The van der Waals surface area contributed by atoms with Crippen molar-refractivity contribution in [3.05, 3.63) is 28.2 Å². The van der Waals surface area contributed by atoms with Crippen molar-refractivity contribution in [3.8, 4) is 0 Å². The van der Waals surface area contributed by atoms with E-state index in [1.54, 1.807) is 4.90 Å². The molecule has 162 valence electrons. The van der Waals surface area contributed by atoms with Crippen LogP contribution in [-0.4, -0.2) is 75.5 Å². The van der Waals surface area contributed by atoms with Gasteiger partial charge in [0.2, 0.25) is 15.9 Å². The SMILES string of the molecule is NS(=O)(=O)N1CCC(C(=O)N2CCN(S(=O)(=O)c3ccc(Cl)c(Cl)c3)CC2)CC1. The number of nitrogens with two attached hydrogens (primary N) is 1. The molecule has 3 rings (SSSR count). The molecule has 0 spiro atoms. The normalized spacial score (nSPS) is 20.7. The molecule has 1 aromatic rings. The highest BCUT2D eigenvalue weighted by Crippen LogP contribution is 2.27. The van der Waals surface area contributed by atoms with Crippen LogP contribution in [0.25, 0.3) is 0 Å². The van der Waals surface area contributed by atoms with Crippen molar-refractivity contribution < 1.29 is 21.6 Å². The molecule has 2 aliphatic heterocycles. The molecule has 2 heterocycles. The standard InChI is InChI=1S/C16H22Cl2N4O5S2/c17-14-2-1-13(11-15(14)18)28(24,25)21-9-7-20(8-10-21)16(23)12-3-5-22(6-4-12)29(19,26)27/h1-2,11-12H,3-10H2,(H2,19,26,27). The molecule has 0 aliphatic carbocycles. The van der Waals surface area contributed by atoms with E-state index in [0.717, 1.165) is 0 Å². The van der Waals surface area contributed by atoms with E-state index in [4.69, 9.17) is 28.3 Å². The average Bonchev–Trinajstić information content (AvgIpc) is 2.69. The van der Waals surface area contributed by atoms with Crippen molar-refractivity contribution in [3.63, 3.8) is 0 Å². The Morgan fingerprint density at radius 1 is 0.897 bits per heavy atom. The lowest BCUT2D eigenvalue weighted by Gasteiger charge is -2.37. The molecular weight excluding hydrogens is 463 g/mol. The Bertz CT molecular complexity index is 987. The smallest absolute Gasteiger partial charge is 0.276 e. The highest BCUT2D eigenvalue weighted by Gasteiger charge is 2.35. The fourth-order valence-electron chi connectivity index (χ4n) is 3.55. The summed E-state index contributed by atoms with van der Waals surface area (Å²) >= 11 is 11.8. The predicted octanol–water partition coefficient (Wildman–Crippen LogP) is 0.742. The third-order valence-corrected chi connectivity index (χ3v) is 8.96. The quantitative estimate of drug-likeness (QED) is 0.675. The predicted molar refractivity (Wildman–Crippen MR) is 109 cm³/mol. The van der Waals surface area contributed by atoms with Crippen molar-refractivity contribution in [2.24, 2.45) is 11.1 Å². The summed E-state index contributed by atoms with van der Waals surface area (Å²) in [7, 11) is -7.47. The lowest BCUT2D eigenvalue weighted by molar-refractivity contribution is -0.137. The Morgan fingerprint density at radius 2 is 1.48 bits per heavy atom. The van der Waals surface area contributed by atoms with Gasteiger partial charge in [-0.2, -0.15) is 17.0 Å². The van der Waals surface area contributed by atoms with Gasteiger partial charge in [0.05, 0.1) is 14.9 Å². The summed E-state index contributed by atoms with van der Waals surface area (Å²) in [5.74, 6) is -0.364. The molecule has 9 nitrogen and oxygen atoms in total. The summed E-state index contributed by atoms with van der Waals surface area (Å²) in [6.45, 7) is 1.31. The lowest BCUT2D eigenvalue weighted by Crippen LogP contribution is -2.53. The number of halogens is 2. The van der Waals surface area contributed by atoms with E-state index in [1.807, 2.05) is 0 Å². The number of benzene rings is 1. The minimum Gasteiger partial charge on any atom is -0.340 e. The van der Waals surface area contributed by atoms with Gasteiger partial charge in [0.15, 0.2) is 0 Å². The fraction of sp³-hybridized carbons (Fsp3) is 0.562. The third-order valence-electron chi connectivity index (χ3n) is 5.24. The number of amides is 1. The number of sulfonamides is 1. The first-order valence-electron chi connectivity index (χ1n) is 9.02. The average molecular weight is 485 g/mol. The van der Waals surface area contributed by atoms with Crippen LogP contribution in [0.5, 0.6) is 0 Å². The number of nitrogens with zero attached hydrogens (tertiary/aromatic N) is 3. The summed E-state index contributed by atoms with van der Waals surface area (Å²) in [4.78, 5) is 14.4. The zero-order chi connectivity index (χ0) is 21.4. The van der Waals surface area contributed by atoms with E-state index in [9.17, 15) is 21.6 Å². The molecule has 13 heteroatoms. The van der Waals surface area contributed by atoms with Gasteiger partial charge >= 0.3 is 0 Å². The summed E-state index contributed by atoms with van der Waals surface area (Å²) in [5, 5.41) is 5.55. The molecule has 29 heavy (non-hydrogen) atoms. The molecule has 0 unspecified atom stereocenters. The molecule has 1 aromatic carbocycles. The Labute approximate surface area is 180 Å². The Morgan fingerprint density at radius 3 is 2.00 bits per heavy atom. The lowest BCUT2D eigenvalue weighted by atomic mass is 9.96. The van der Waals surface area contributed by atoms with E-state index >= 15 is 0 Å². The van der Waals surface area contributed by atoms with Crippen molar-refractivity contribution in [2.45, 2.75) is 17.7 Å². The van der Waals surface area contributed by atoms with Gasteiger partial charge in [-0.1, -0.05) is 23.2 Å². The Kier molecular flexibility index (Phi) is 6.78. The topological polar surface area (TPSA) is 121 Å². The second-order valence-corrected chi connectivity index (χ2v) is 11.3. The van der Waals surface area contributed by atoms with E-state index in [1.165, 1.54) is 26.8 Å². The molecule has 1 amide bonds. The highest BCUT2D eigenvalue weighted by atomic mass is 35.5. The zero-order valence-corrected chi connectivity index (χ0v) is 18.6. The van der Waals surface area contributed by atoms with Crippen molar-refractivity contribution in [1.82, 2.24) is 13.5 Å². The summed E-state index contributed by atoms with van der Waals surface area (Å²) < 4.78 is 50.9. The third kappa shape index (κ3) is 5.04. The summed E-state index contributed by atoms with van der Waals surface area (Å²) in [6, 6.07) is 4.15. The Hall–Kier alpha value is -0.950. The van der Waals surface area contributed by atoms with Crippen LogP contribution in [0.4, 0.5) is 0 Å². The number of carbonyl (C=O) groups is 1. The van der Waals surface area contributed by atoms with Crippen LogP contribution in [0.3, 0.4) is 0 Å². The first-order chi connectivity index (χ1) is 13.5. The molecule has 2 N–H and O–H groups in total. The number of piperidine rings is 1. The van der Waals surface area contributed by atoms with Gasteiger partial charge < -0.3 is 4.90 Å². The van der Waals surface area contributed by atoms with Crippen molar-refractivity contribution in [1.29, 1.82) is 0 Å². The van der Waals surface area contributed by atoms with Crippen LogP contribution >= 0.6 is 23.2 Å². The number of hydrogen-bond donors (Lipinski definition) is 1. The van der Waals surface area contributed by atoms with Gasteiger partial charge in [0.1, 0.15) is 0 Å². The van der Waals surface area contributed by atoms with Crippen LogP contribution in [0.15, 0.2) is 23.1 Å². The van der Waals surface area contributed by atoms with Crippen LogP contribution in [0.1, 0.15) is 12.8 Å². The molecule has 0 saturated carbocycles. The van der Waals surface area contributed by atoms with Crippen molar-refractivity contribution >= 4 is 49.3 Å². The van der Waals surface area contributed by atoms with E-state index in [0.29, 0.717) is 12.8 Å². The second-order valence-electron chi connectivity index (χ2n) is 7.02. The maximum absolute atomic E-state index is 12.8. The van der Waals surface area contributed by atoms with Crippen LogP contribution < -0.4 is 5.14 Å². The zero-order valence-electron chi connectivity index (χ0n) is 15.5. The Balaban J connectivity index is 1.59. The monoisotopic (exact) mass is 484 g/mol. The van der Waals surface area contributed by atoms with Crippen LogP contribution in [0.2, 0.25) is 10.0 Å². The minimum atomic E-state index is -3.74. The van der Waals surface area contributed by atoms with E-state index in [-0.39, 0.29) is 66.0 Å². The molecule has 0 radical (unpaired) electrons. The maximum Gasteiger partial charge on any atom is 0.276 e. The van der Waals surface area contributed by atoms with E-state index in [2.05, 4.69) is 0 Å². The first kappa shape index (κ1) is 22.7. The maximum atomic E-state index is 12.8. The van der Waals surface area contributed by atoms with Gasteiger partial charge in [0.25, 0.3) is 10.2 Å². The summed E-state index contributed by atoms with van der Waals surface area (Å²) in [5.41, 5.74) is 0. The van der Waals surface area contributed by atoms with Crippen molar-refractivity contribution in [2.75, 3.05) is 39.3 Å². The van der Waals surface area contributed by atoms with E-state index < -0.39 is 20.2 Å². The van der Waals surface area contributed by atoms with Gasteiger partial charge in [-0.05, 0) is 31.0 Å². The second kappa shape index (κ2) is 8.66. The number of rotatable bonds is 4. The number of piperazine rings is 1. The fourth-order valence-corrected chi connectivity index (χ4v) is 6.08. The number of hydrogen-bond acceptors (Lipinski definition) is 5. The van der Waals surface area contributed by atoms with Gasteiger partial charge in [-0.25, -0.2) is 13.6 Å². The van der Waals surface area contributed by atoms with Gasteiger partial charge in [-0.3, -0.25) is 4.79 Å². The van der Waals surface area contributed by atoms with Gasteiger partial charge in [-0.15, -0.1) is 0 Å². The molecule has 2 fully saturated rings. The number of carbonyl (C=O) groups excluding carboxylic acids is 1. The van der Waals surface area contributed by atoms with Crippen LogP contribution in [-0.2, 0) is 25.0 Å². The largest absolute Gasteiger partial charge is 0.340 e. The molecule has 0 atom stereocenters.